The molecule has 4 aromatic rings. The number of hydrogen-bond donors (Lipinski definition) is 4. The second kappa shape index (κ2) is 21.6. The Labute approximate surface area is 404 Å². The fraction of sp³-hybridized carbons (Fsp3) is 0.500. The molecular formula is C52H66ClN7O6S. The SMILES string of the molecule is Cc1ncsc1-c1ccc(CNC(=O)[C@@H]2C[C@@H](C)CN2C(=O)[C@@H](NC(=O)COCCCCCNc2ccc(C(=O)NC3C(C)(C)C(Oc4ccc(C#N)c(Cl)c4)C3(C)C)cc2)C(C)(C)C)cc1. The lowest BCUT2D eigenvalue weighted by atomic mass is 9.49. The summed E-state index contributed by atoms with van der Waals surface area (Å²) in [6.45, 7) is 19.8. The number of carbonyl (C=O) groups is 4. The predicted molar refractivity (Wildman–Crippen MR) is 264 cm³/mol. The lowest BCUT2D eigenvalue weighted by Gasteiger charge is -2.63. The highest BCUT2D eigenvalue weighted by Crippen LogP contribution is 2.55. The molecule has 15 heteroatoms. The van der Waals surface area contributed by atoms with Gasteiger partial charge in [-0.25, -0.2) is 4.98 Å². The Balaban J connectivity index is 0.878. The Hall–Kier alpha value is -5.49. The van der Waals surface area contributed by atoms with E-state index < -0.39 is 17.5 Å². The van der Waals surface area contributed by atoms with Gasteiger partial charge in [-0.05, 0) is 91.5 Å². The quantitative estimate of drug-likeness (QED) is 0.0669. The Kier molecular flexibility index (Phi) is 16.4. The molecule has 6 rings (SSSR count). The van der Waals surface area contributed by atoms with E-state index in [-0.39, 0.29) is 59.1 Å². The zero-order chi connectivity index (χ0) is 48.7. The van der Waals surface area contributed by atoms with Crippen molar-refractivity contribution in [3.8, 4) is 22.3 Å². The number of aryl methyl sites for hydroxylation is 1. The van der Waals surface area contributed by atoms with Crippen LogP contribution in [0.5, 0.6) is 5.75 Å². The molecule has 0 unspecified atom stereocenters. The Morgan fingerprint density at radius 1 is 0.985 bits per heavy atom. The fourth-order valence-corrected chi connectivity index (χ4v) is 10.7. The van der Waals surface area contributed by atoms with Gasteiger partial charge in [0, 0.05) is 60.4 Å². The number of likely N-dealkylation sites (tertiary alicyclic amines) is 1. The standard InChI is InChI=1S/C52H66ClN7O6S/c1-32-25-41(46(63)56-28-34-13-15-35(16-14-34)43-33(2)57-31-67-43)60(29-32)47(64)44(50(3,4)5)58-42(61)30-65-24-12-10-11-23-55-38-20-17-36(18-21-38)45(62)59-48-51(6,7)49(52(48,8)9)66-39-22-19-37(27-54)40(53)26-39/h13-22,26,31-32,41,44,48-49,55H,10-12,23-25,28-30H2,1-9H3,(H,56,63)(H,58,61)(H,59,62)/t32-,41+,44-,48?,49?/m1/s1. The molecule has 3 atom stereocenters. The van der Waals surface area contributed by atoms with Crippen molar-refractivity contribution in [2.24, 2.45) is 22.2 Å². The maximum atomic E-state index is 14.1. The van der Waals surface area contributed by atoms with Gasteiger partial charge in [0.05, 0.1) is 26.7 Å². The first-order valence-corrected chi connectivity index (χ1v) is 24.4. The molecule has 4 N–H and O–H groups in total. The molecule has 1 saturated heterocycles. The van der Waals surface area contributed by atoms with E-state index in [2.05, 4.69) is 60.0 Å². The molecule has 4 amide bonds. The molecule has 3 aromatic carbocycles. The van der Waals surface area contributed by atoms with Crippen molar-refractivity contribution in [1.29, 1.82) is 5.26 Å². The first kappa shape index (κ1) is 50.9. The molecule has 1 aromatic heterocycles. The second-order valence-corrected chi connectivity index (χ2v) is 21.6. The molecule has 1 aliphatic heterocycles. The number of nitrogens with zero attached hydrogens (tertiary/aromatic N) is 3. The Morgan fingerprint density at radius 2 is 1.69 bits per heavy atom. The number of anilines is 1. The Bertz CT molecular complexity index is 2410. The number of hydrogen-bond acceptors (Lipinski definition) is 10. The van der Waals surface area contributed by atoms with Gasteiger partial charge in [0.2, 0.25) is 17.7 Å². The van der Waals surface area contributed by atoms with Crippen LogP contribution in [-0.2, 0) is 25.7 Å². The van der Waals surface area contributed by atoms with Gasteiger partial charge in [-0.2, -0.15) is 5.26 Å². The van der Waals surface area contributed by atoms with E-state index in [1.54, 1.807) is 34.4 Å². The van der Waals surface area contributed by atoms with Crippen LogP contribution in [0, 0.1) is 40.4 Å². The maximum Gasteiger partial charge on any atom is 0.251 e. The third-order valence-corrected chi connectivity index (χ3v) is 14.3. The molecule has 13 nitrogen and oxygen atoms in total. The number of carbonyl (C=O) groups excluding carboxylic acids is 4. The number of aromatic nitrogens is 1. The number of benzene rings is 3. The van der Waals surface area contributed by atoms with Crippen molar-refractivity contribution in [2.75, 3.05) is 31.6 Å². The molecule has 358 valence electrons. The third kappa shape index (κ3) is 12.4. The highest BCUT2D eigenvalue weighted by molar-refractivity contribution is 7.13. The number of ether oxygens (including phenoxy) is 2. The van der Waals surface area contributed by atoms with Gasteiger partial charge in [0.25, 0.3) is 5.91 Å². The summed E-state index contributed by atoms with van der Waals surface area (Å²) in [6.07, 6.45) is 2.87. The van der Waals surface area contributed by atoms with Crippen LogP contribution in [0.3, 0.4) is 0 Å². The van der Waals surface area contributed by atoms with Crippen LogP contribution >= 0.6 is 22.9 Å². The van der Waals surface area contributed by atoms with Gasteiger partial charge >= 0.3 is 0 Å². The molecule has 0 radical (unpaired) electrons. The topological polar surface area (TPSA) is 175 Å². The van der Waals surface area contributed by atoms with E-state index in [0.717, 1.165) is 53.2 Å². The summed E-state index contributed by atoms with van der Waals surface area (Å²) < 4.78 is 12.1. The highest BCUT2D eigenvalue weighted by Gasteiger charge is 2.64. The van der Waals surface area contributed by atoms with Crippen molar-refractivity contribution >= 4 is 52.3 Å². The number of nitriles is 1. The maximum absolute atomic E-state index is 14.1. The summed E-state index contributed by atoms with van der Waals surface area (Å²) in [5, 5.41) is 22.2. The minimum atomic E-state index is -0.834. The number of thiazole rings is 1. The average molecular weight is 953 g/mol. The van der Waals surface area contributed by atoms with Gasteiger partial charge in [-0.1, -0.05) is 91.3 Å². The van der Waals surface area contributed by atoms with Crippen molar-refractivity contribution in [2.45, 2.75) is 119 Å². The van der Waals surface area contributed by atoms with Crippen molar-refractivity contribution in [3.63, 3.8) is 0 Å². The predicted octanol–water partition coefficient (Wildman–Crippen LogP) is 8.94. The smallest absolute Gasteiger partial charge is 0.251 e. The van der Waals surface area contributed by atoms with Crippen molar-refractivity contribution in [1.82, 2.24) is 25.8 Å². The minimum Gasteiger partial charge on any atom is -0.489 e. The molecular weight excluding hydrogens is 886 g/mol. The molecule has 67 heavy (non-hydrogen) atoms. The number of nitrogens with one attached hydrogen (secondary N) is 4. The molecule has 0 spiro atoms. The largest absolute Gasteiger partial charge is 0.489 e. The molecule has 2 heterocycles. The van der Waals surface area contributed by atoms with Crippen LogP contribution in [0.25, 0.3) is 10.4 Å². The molecule has 2 fully saturated rings. The number of rotatable bonds is 19. The van der Waals surface area contributed by atoms with Gasteiger partial charge in [-0.3, -0.25) is 19.2 Å². The van der Waals surface area contributed by atoms with E-state index in [9.17, 15) is 24.4 Å². The second-order valence-electron chi connectivity index (χ2n) is 20.3. The van der Waals surface area contributed by atoms with Crippen LogP contribution < -0.4 is 26.0 Å². The molecule has 1 aliphatic carbocycles. The van der Waals surface area contributed by atoms with Crippen LogP contribution in [-0.4, -0.2) is 84.0 Å². The lowest BCUT2D eigenvalue weighted by Crippen LogP contribution is -2.74. The van der Waals surface area contributed by atoms with Crippen LogP contribution in [0.15, 0.2) is 72.2 Å². The van der Waals surface area contributed by atoms with Crippen LogP contribution in [0.2, 0.25) is 5.02 Å². The van der Waals surface area contributed by atoms with Gasteiger partial charge in [0.1, 0.15) is 36.6 Å². The van der Waals surface area contributed by atoms with Crippen LogP contribution in [0.4, 0.5) is 5.69 Å². The fourth-order valence-electron chi connectivity index (χ4n) is 9.67. The first-order valence-electron chi connectivity index (χ1n) is 23.2. The summed E-state index contributed by atoms with van der Waals surface area (Å²) in [5.74, 6) is -0.283. The van der Waals surface area contributed by atoms with Gasteiger partial charge in [-0.15, -0.1) is 11.3 Å². The lowest BCUT2D eigenvalue weighted by molar-refractivity contribution is -0.164. The minimum absolute atomic E-state index is 0.134. The number of unbranched alkanes of at least 4 members (excludes halogenated alkanes) is 2. The van der Waals surface area contributed by atoms with E-state index in [4.69, 9.17) is 21.1 Å². The highest BCUT2D eigenvalue weighted by atomic mass is 35.5. The normalized spacial score (nSPS) is 19.9. The van der Waals surface area contributed by atoms with Crippen molar-refractivity contribution < 1.29 is 28.7 Å². The van der Waals surface area contributed by atoms with E-state index in [1.807, 2.05) is 88.7 Å². The van der Waals surface area contributed by atoms with E-state index >= 15 is 0 Å². The summed E-state index contributed by atoms with van der Waals surface area (Å²) >= 11 is 7.84. The third-order valence-electron chi connectivity index (χ3n) is 13.0. The molecule has 2 aliphatic rings. The molecule has 0 bridgehead atoms. The zero-order valence-corrected chi connectivity index (χ0v) is 41.8. The van der Waals surface area contributed by atoms with Gasteiger partial charge in [0.15, 0.2) is 0 Å². The summed E-state index contributed by atoms with van der Waals surface area (Å²) in [5.41, 5.74) is 5.38. The van der Waals surface area contributed by atoms with Crippen molar-refractivity contribution in [3.05, 3.63) is 99.6 Å². The van der Waals surface area contributed by atoms with E-state index in [1.165, 1.54) is 0 Å². The number of amides is 4. The summed E-state index contributed by atoms with van der Waals surface area (Å²) in [4.78, 5) is 61.2. The monoisotopic (exact) mass is 951 g/mol. The first-order chi connectivity index (χ1) is 31.7. The average Bonchev–Trinajstić information content (AvgIpc) is 3.91. The van der Waals surface area contributed by atoms with E-state index in [0.29, 0.717) is 48.0 Å². The zero-order valence-electron chi connectivity index (χ0n) is 40.3. The number of halogens is 1. The Morgan fingerprint density at radius 3 is 2.31 bits per heavy atom. The van der Waals surface area contributed by atoms with Gasteiger partial charge < -0.3 is 35.6 Å². The summed E-state index contributed by atoms with van der Waals surface area (Å²) in [7, 11) is 0. The van der Waals surface area contributed by atoms with Crippen LogP contribution in [0.1, 0.15) is 108 Å². The summed E-state index contributed by atoms with van der Waals surface area (Å²) in [6, 6.07) is 21.0. The molecule has 1 saturated carbocycles.